The highest BCUT2D eigenvalue weighted by Crippen LogP contribution is 2.46. The first-order valence-corrected chi connectivity index (χ1v) is 8.52. The minimum atomic E-state index is -1.09. The molecule has 1 saturated carbocycles. The quantitative estimate of drug-likeness (QED) is 0.750. The minimum absolute atomic E-state index is 0.0907. The normalized spacial score (nSPS) is 14.4. The summed E-state index contributed by atoms with van der Waals surface area (Å²) >= 11 is 0. The zero-order valence-electron chi connectivity index (χ0n) is 14.5. The van der Waals surface area contributed by atoms with Crippen LogP contribution in [0.5, 0.6) is 5.75 Å². The molecule has 5 nitrogen and oxygen atoms in total. The predicted molar refractivity (Wildman–Crippen MR) is 96.4 cm³/mol. The van der Waals surface area contributed by atoms with Gasteiger partial charge in [-0.15, -0.1) is 0 Å². The van der Waals surface area contributed by atoms with E-state index in [4.69, 9.17) is 4.74 Å². The first-order valence-electron chi connectivity index (χ1n) is 8.52. The van der Waals surface area contributed by atoms with Crippen LogP contribution in [0.3, 0.4) is 0 Å². The number of ether oxygens (including phenoxy) is 1. The van der Waals surface area contributed by atoms with E-state index in [1.807, 2.05) is 24.3 Å². The molecular weight excluding hydrogens is 335 g/mol. The third-order valence-corrected chi connectivity index (χ3v) is 4.57. The van der Waals surface area contributed by atoms with E-state index in [1.165, 1.54) is 12.1 Å². The molecule has 6 heteroatoms. The first-order chi connectivity index (χ1) is 12.5. The molecule has 1 fully saturated rings. The molecule has 2 aromatic carbocycles. The van der Waals surface area contributed by atoms with Gasteiger partial charge in [0.2, 0.25) is 11.8 Å². The lowest BCUT2D eigenvalue weighted by Crippen LogP contribution is -2.40. The van der Waals surface area contributed by atoms with E-state index in [2.05, 4.69) is 10.6 Å². The summed E-state index contributed by atoms with van der Waals surface area (Å²) in [5.41, 5.74) is 0.0367. The Morgan fingerprint density at radius 3 is 2.58 bits per heavy atom. The minimum Gasteiger partial charge on any atom is -0.497 e. The SMILES string of the molecule is COc1cccc(CCNC(=O)C2(C(=O)Nc3ccccc3F)CC2)c1. The number of rotatable bonds is 7. The van der Waals surface area contributed by atoms with Crippen LogP contribution in [0.15, 0.2) is 48.5 Å². The Balaban J connectivity index is 1.55. The Hall–Kier alpha value is -2.89. The van der Waals surface area contributed by atoms with Crippen molar-refractivity contribution >= 4 is 17.5 Å². The number of amides is 2. The summed E-state index contributed by atoms with van der Waals surface area (Å²) in [4.78, 5) is 24.9. The number of benzene rings is 2. The van der Waals surface area contributed by atoms with Gasteiger partial charge in [0.1, 0.15) is 17.0 Å². The van der Waals surface area contributed by atoms with E-state index in [9.17, 15) is 14.0 Å². The van der Waals surface area contributed by atoms with Gasteiger partial charge in [-0.2, -0.15) is 0 Å². The molecule has 2 aromatic rings. The molecule has 0 radical (unpaired) electrons. The fourth-order valence-electron chi connectivity index (χ4n) is 2.80. The number of anilines is 1. The van der Waals surface area contributed by atoms with Crippen LogP contribution in [0.25, 0.3) is 0 Å². The van der Waals surface area contributed by atoms with E-state index in [1.54, 1.807) is 19.2 Å². The van der Waals surface area contributed by atoms with Crippen molar-refractivity contribution in [1.82, 2.24) is 5.32 Å². The van der Waals surface area contributed by atoms with Crippen LogP contribution in [0.2, 0.25) is 0 Å². The number of carbonyl (C=O) groups excluding carboxylic acids is 2. The van der Waals surface area contributed by atoms with Crippen molar-refractivity contribution in [1.29, 1.82) is 0 Å². The van der Waals surface area contributed by atoms with Crippen LogP contribution >= 0.6 is 0 Å². The molecule has 2 amide bonds. The third-order valence-electron chi connectivity index (χ3n) is 4.57. The Bertz CT molecular complexity index is 818. The highest BCUT2D eigenvalue weighted by atomic mass is 19.1. The van der Waals surface area contributed by atoms with Gasteiger partial charge in [-0.3, -0.25) is 9.59 Å². The monoisotopic (exact) mass is 356 g/mol. The highest BCUT2D eigenvalue weighted by Gasteiger charge is 2.56. The second kappa shape index (κ2) is 7.56. The van der Waals surface area contributed by atoms with Crippen molar-refractivity contribution in [2.45, 2.75) is 19.3 Å². The summed E-state index contributed by atoms with van der Waals surface area (Å²) in [7, 11) is 1.60. The number of methoxy groups -OCH3 is 1. The zero-order chi connectivity index (χ0) is 18.6. The summed E-state index contributed by atoms with van der Waals surface area (Å²) in [6.07, 6.45) is 1.57. The molecular formula is C20H21FN2O3. The standard InChI is InChI=1S/C20H21FN2O3/c1-26-15-6-4-5-14(13-15)9-12-22-18(24)20(10-11-20)19(25)23-17-8-3-2-7-16(17)21/h2-8,13H,9-12H2,1H3,(H,22,24)(H,23,25). The van der Waals surface area contributed by atoms with Gasteiger partial charge in [-0.25, -0.2) is 4.39 Å². The fraction of sp³-hybridized carbons (Fsp3) is 0.300. The van der Waals surface area contributed by atoms with E-state index in [0.717, 1.165) is 11.3 Å². The number of halogens is 1. The van der Waals surface area contributed by atoms with Crippen LogP contribution in [0, 0.1) is 11.2 Å². The van der Waals surface area contributed by atoms with Crippen molar-refractivity contribution in [2.24, 2.45) is 5.41 Å². The molecule has 1 aliphatic rings. The topological polar surface area (TPSA) is 67.4 Å². The zero-order valence-corrected chi connectivity index (χ0v) is 14.5. The van der Waals surface area contributed by atoms with Gasteiger partial charge >= 0.3 is 0 Å². The molecule has 0 unspecified atom stereocenters. The summed E-state index contributed by atoms with van der Waals surface area (Å²) in [6, 6.07) is 13.5. The maximum Gasteiger partial charge on any atom is 0.240 e. The van der Waals surface area contributed by atoms with E-state index >= 15 is 0 Å². The Labute approximate surface area is 151 Å². The summed E-state index contributed by atoms with van der Waals surface area (Å²) < 4.78 is 18.9. The van der Waals surface area contributed by atoms with Gasteiger partial charge in [0.25, 0.3) is 0 Å². The lowest BCUT2D eigenvalue weighted by Gasteiger charge is -2.16. The van der Waals surface area contributed by atoms with Crippen LogP contribution in [0.4, 0.5) is 10.1 Å². The predicted octanol–water partition coefficient (Wildman–Crippen LogP) is 2.91. The summed E-state index contributed by atoms with van der Waals surface area (Å²) in [5.74, 6) is -0.525. The van der Waals surface area contributed by atoms with E-state index < -0.39 is 17.1 Å². The van der Waals surface area contributed by atoms with Crippen LogP contribution in [-0.2, 0) is 16.0 Å². The van der Waals surface area contributed by atoms with Gasteiger partial charge in [0.15, 0.2) is 0 Å². The molecule has 136 valence electrons. The Morgan fingerprint density at radius 1 is 1.12 bits per heavy atom. The van der Waals surface area contributed by atoms with Crippen LogP contribution in [0.1, 0.15) is 18.4 Å². The number of nitrogens with one attached hydrogen (secondary N) is 2. The smallest absolute Gasteiger partial charge is 0.240 e. The van der Waals surface area contributed by atoms with Gasteiger partial charge in [0.05, 0.1) is 12.8 Å². The second-order valence-electron chi connectivity index (χ2n) is 6.37. The summed E-state index contributed by atoms with van der Waals surface area (Å²) in [5, 5.41) is 5.34. The Kier molecular flexibility index (Phi) is 5.21. The summed E-state index contributed by atoms with van der Waals surface area (Å²) in [6.45, 7) is 0.417. The van der Waals surface area contributed by atoms with Crippen molar-refractivity contribution in [3.8, 4) is 5.75 Å². The fourth-order valence-corrected chi connectivity index (χ4v) is 2.80. The largest absolute Gasteiger partial charge is 0.497 e. The molecule has 3 rings (SSSR count). The molecule has 2 N–H and O–H groups in total. The van der Waals surface area contributed by atoms with Crippen LogP contribution < -0.4 is 15.4 Å². The molecule has 0 spiro atoms. The van der Waals surface area contributed by atoms with E-state index in [-0.39, 0.29) is 11.6 Å². The number of para-hydroxylation sites is 1. The van der Waals surface area contributed by atoms with Crippen molar-refractivity contribution in [3.05, 3.63) is 59.9 Å². The molecule has 0 heterocycles. The van der Waals surface area contributed by atoms with Crippen molar-refractivity contribution < 1.29 is 18.7 Å². The highest BCUT2D eigenvalue weighted by molar-refractivity contribution is 6.13. The van der Waals surface area contributed by atoms with Crippen molar-refractivity contribution in [2.75, 3.05) is 19.0 Å². The average molecular weight is 356 g/mol. The van der Waals surface area contributed by atoms with Crippen molar-refractivity contribution in [3.63, 3.8) is 0 Å². The van der Waals surface area contributed by atoms with Gasteiger partial charge in [-0.1, -0.05) is 24.3 Å². The molecule has 26 heavy (non-hydrogen) atoms. The van der Waals surface area contributed by atoms with Gasteiger partial charge in [0, 0.05) is 6.54 Å². The number of hydrogen-bond acceptors (Lipinski definition) is 3. The molecule has 0 bridgehead atoms. The van der Waals surface area contributed by atoms with E-state index in [0.29, 0.717) is 25.8 Å². The number of carbonyl (C=O) groups is 2. The van der Waals surface area contributed by atoms with Crippen LogP contribution in [-0.4, -0.2) is 25.5 Å². The Morgan fingerprint density at radius 2 is 1.88 bits per heavy atom. The molecule has 1 aliphatic carbocycles. The maximum absolute atomic E-state index is 13.7. The first kappa shape index (κ1) is 17.9. The second-order valence-corrected chi connectivity index (χ2v) is 6.37. The molecule has 0 atom stereocenters. The lowest BCUT2D eigenvalue weighted by molar-refractivity contribution is -0.134. The molecule has 0 aromatic heterocycles. The molecule has 0 saturated heterocycles. The number of hydrogen-bond donors (Lipinski definition) is 2. The lowest BCUT2D eigenvalue weighted by atomic mass is 10.0. The van der Waals surface area contributed by atoms with Gasteiger partial charge < -0.3 is 15.4 Å². The maximum atomic E-state index is 13.7. The van der Waals surface area contributed by atoms with Gasteiger partial charge in [-0.05, 0) is 49.1 Å². The third kappa shape index (κ3) is 3.85. The molecule has 0 aliphatic heterocycles. The average Bonchev–Trinajstić information content (AvgIpc) is 3.46.